The Balaban J connectivity index is 2.15. The SMILES string of the molecule is OCCCCCCN1CCCCCC1CO. The van der Waals surface area contributed by atoms with E-state index in [1.807, 2.05) is 0 Å². The van der Waals surface area contributed by atoms with E-state index < -0.39 is 0 Å². The van der Waals surface area contributed by atoms with Crippen molar-refractivity contribution >= 4 is 0 Å². The molecule has 1 fully saturated rings. The number of nitrogens with zero attached hydrogens (tertiary/aromatic N) is 1. The molecular weight excluding hydrogens is 202 g/mol. The molecule has 0 aromatic carbocycles. The average Bonchev–Trinajstić information content (AvgIpc) is 2.53. The summed E-state index contributed by atoms with van der Waals surface area (Å²) in [6.45, 7) is 2.92. The summed E-state index contributed by atoms with van der Waals surface area (Å²) in [5, 5.41) is 18.0. The Morgan fingerprint density at radius 3 is 2.50 bits per heavy atom. The van der Waals surface area contributed by atoms with Crippen molar-refractivity contribution in [3.05, 3.63) is 0 Å². The first-order chi connectivity index (χ1) is 7.88. The number of hydrogen-bond donors (Lipinski definition) is 2. The third kappa shape index (κ3) is 5.28. The number of unbranched alkanes of at least 4 members (excludes halogenated alkanes) is 3. The monoisotopic (exact) mass is 229 g/mol. The maximum Gasteiger partial charge on any atom is 0.0586 e. The highest BCUT2D eigenvalue weighted by molar-refractivity contribution is 4.74. The standard InChI is InChI=1S/C13H27NO2/c15-11-7-2-1-5-9-14-10-6-3-4-8-13(14)12-16/h13,15-16H,1-12H2. The first-order valence-corrected chi connectivity index (χ1v) is 6.84. The van der Waals surface area contributed by atoms with Gasteiger partial charge in [0.15, 0.2) is 0 Å². The van der Waals surface area contributed by atoms with Crippen LogP contribution in [0.1, 0.15) is 51.4 Å². The Bertz CT molecular complexity index is 164. The lowest BCUT2D eigenvalue weighted by Gasteiger charge is -2.28. The fraction of sp³-hybridized carbons (Fsp3) is 1.00. The van der Waals surface area contributed by atoms with Crippen molar-refractivity contribution in [2.45, 2.75) is 57.4 Å². The normalized spacial score (nSPS) is 23.2. The van der Waals surface area contributed by atoms with E-state index in [1.165, 1.54) is 32.1 Å². The molecule has 16 heavy (non-hydrogen) atoms. The highest BCUT2D eigenvalue weighted by Gasteiger charge is 2.19. The van der Waals surface area contributed by atoms with Gasteiger partial charge in [-0.2, -0.15) is 0 Å². The summed E-state index contributed by atoms with van der Waals surface area (Å²) in [7, 11) is 0. The zero-order valence-electron chi connectivity index (χ0n) is 10.4. The van der Waals surface area contributed by atoms with Gasteiger partial charge in [-0.15, -0.1) is 0 Å². The number of rotatable bonds is 7. The summed E-state index contributed by atoms with van der Waals surface area (Å²) in [6.07, 6.45) is 9.51. The lowest BCUT2D eigenvalue weighted by molar-refractivity contribution is 0.122. The second-order valence-corrected chi connectivity index (χ2v) is 4.86. The van der Waals surface area contributed by atoms with Crippen molar-refractivity contribution in [1.29, 1.82) is 0 Å². The van der Waals surface area contributed by atoms with E-state index in [2.05, 4.69) is 4.90 Å². The highest BCUT2D eigenvalue weighted by atomic mass is 16.3. The van der Waals surface area contributed by atoms with Crippen LogP contribution in [0.15, 0.2) is 0 Å². The molecule has 96 valence electrons. The predicted octanol–water partition coefficient (Wildman–Crippen LogP) is 1.78. The van der Waals surface area contributed by atoms with Gasteiger partial charge in [-0.05, 0) is 38.8 Å². The van der Waals surface area contributed by atoms with E-state index >= 15 is 0 Å². The van der Waals surface area contributed by atoms with E-state index in [0.717, 1.165) is 32.4 Å². The van der Waals surface area contributed by atoms with Crippen LogP contribution in [0.25, 0.3) is 0 Å². The van der Waals surface area contributed by atoms with Gasteiger partial charge in [-0.3, -0.25) is 4.90 Å². The summed E-state index contributed by atoms with van der Waals surface area (Å²) >= 11 is 0. The van der Waals surface area contributed by atoms with E-state index in [-0.39, 0.29) is 0 Å². The van der Waals surface area contributed by atoms with Gasteiger partial charge in [0.2, 0.25) is 0 Å². The van der Waals surface area contributed by atoms with E-state index in [4.69, 9.17) is 5.11 Å². The molecule has 0 saturated carbocycles. The van der Waals surface area contributed by atoms with E-state index in [9.17, 15) is 5.11 Å². The molecular formula is C13H27NO2. The van der Waals surface area contributed by atoms with Crippen molar-refractivity contribution < 1.29 is 10.2 Å². The zero-order chi connectivity index (χ0) is 11.6. The minimum Gasteiger partial charge on any atom is -0.396 e. The highest BCUT2D eigenvalue weighted by Crippen LogP contribution is 2.17. The van der Waals surface area contributed by atoms with Crippen LogP contribution in [0, 0.1) is 0 Å². The van der Waals surface area contributed by atoms with Crippen LogP contribution >= 0.6 is 0 Å². The molecule has 1 saturated heterocycles. The minimum absolute atomic E-state index is 0.316. The second-order valence-electron chi connectivity index (χ2n) is 4.86. The topological polar surface area (TPSA) is 43.7 Å². The van der Waals surface area contributed by atoms with Gasteiger partial charge in [-0.25, -0.2) is 0 Å². The summed E-state index contributed by atoms with van der Waals surface area (Å²) in [6, 6.07) is 0.403. The summed E-state index contributed by atoms with van der Waals surface area (Å²) in [5.41, 5.74) is 0. The number of hydrogen-bond acceptors (Lipinski definition) is 3. The Hall–Kier alpha value is -0.120. The van der Waals surface area contributed by atoms with Crippen molar-refractivity contribution in [3.63, 3.8) is 0 Å². The molecule has 0 radical (unpaired) electrons. The van der Waals surface area contributed by atoms with Crippen molar-refractivity contribution in [2.24, 2.45) is 0 Å². The van der Waals surface area contributed by atoms with Crippen molar-refractivity contribution in [2.75, 3.05) is 26.3 Å². The third-order valence-electron chi connectivity index (χ3n) is 3.56. The molecule has 1 rings (SSSR count). The molecule has 1 heterocycles. The van der Waals surface area contributed by atoms with Gasteiger partial charge in [0.05, 0.1) is 6.61 Å². The molecule has 0 spiro atoms. The van der Waals surface area contributed by atoms with Crippen LogP contribution < -0.4 is 0 Å². The minimum atomic E-state index is 0.316. The van der Waals surface area contributed by atoms with Crippen LogP contribution in [0.4, 0.5) is 0 Å². The van der Waals surface area contributed by atoms with Crippen LogP contribution in [-0.4, -0.2) is 47.5 Å². The van der Waals surface area contributed by atoms with Gasteiger partial charge >= 0.3 is 0 Å². The molecule has 0 amide bonds. The molecule has 0 aromatic rings. The Morgan fingerprint density at radius 1 is 0.938 bits per heavy atom. The maximum atomic E-state index is 9.35. The lowest BCUT2D eigenvalue weighted by atomic mass is 10.1. The number of aliphatic hydroxyl groups excluding tert-OH is 2. The lowest BCUT2D eigenvalue weighted by Crippen LogP contribution is -2.38. The summed E-state index contributed by atoms with van der Waals surface area (Å²) in [4.78, 5) is 2.46. The fourth-order valence-electron chi connectivity index (χ4n) is 2.52. The molecule has 1 atom stereocenters. The molecule has 3 heteroatoms. The van der Waals surface area contributed by atoms with Gasteiger partial charge in [0.1, 0.15) is 0 Å². The van der Waals surface area contributed by atoms with Crippen molar-refractivity contribution in [3.8, 4) is 0 Å². The molecule has 0 aromatic heterocycles. The molecule has 0 aliphatic carbocycles. The Morgan fingerprint density at radius 2 is 1.75 bits per heavy atom. The van der Waals surface area contributed by atoms with Gasteiger partial charge < -0.3 is 10.2 Å². The predicted molar refractivity (Wildman–Crippen MR) is 66.5 cm³/mol. The molecule has 0 bridgehead atoms. The number of aliphatic hydroxyl groups is 2. The summed E-state index contributed by atoms with van der Waals surface area (Å²) < 4.78 is 0. The van der Waals surface area contributed by atoms with Gasteiger partial charge in [0.25, 0.3) is 0 Å². The smallest absolute Gasteiger partial charge is 0.0586 e. The van der Waals surface area contributed by atoms with Crippen molar-refractivity contribution in [1.82, 2.24) is 4.90 Å². The molecule has 1 aliphatic heterocycles. The third-order valence-corrected chi connectivity index (χ3v) is 3.56. The molecule has 1 unspecified atom stereocenters. The molecule has 2 N–H and O–H groups in total. The second kappa shape index (κ2) is 8.97. The van der Waals surface area contributed by atoms with E-state index in [1.54, 1.807) is 0 Å². The first kappa shape index (κ1) is 13.9. The fourth-order valence-corrected chi connectivity index (χ4v) is 2.52. The maximum absolute atomic E-state index is 9.35. The van der Waals surface area contributed by atoms with Gasteiger partial charge in [0, 0.05) is 12.6 Å². The Kier molecular flexibility index (Phi) is 7.81. The average molecular weight is 229 g/mol. The van der Waals surface area contributed by atoms with Crippen LogP contribution in [0.5, 0.6) is 0 Å². The van der Waals surface area contributed by atoms with Crippen LogP contribution in [-0.2, 0) is 0 Å². The largest absolute Gasteiger partial charge is 0.396 e. The van der Waals surface area contributed by atoms with Crippen LogP contribution in [0.3, 0.4) is 0 Å². The number of likely N-dealkylation sites (tertiary alicyclic amines) is 1. The summed E-state index contributed by atoms with van der Waals surface area (Å²) in [5.74, 6) is 0. The van der Waals surface area contributed by atoms with Crippen LogP contribution in [0.2, 0.25) is 0 Å². The first-order valence-electron chi connectivity index (χ1n) is 6.84. The zero-order valence-corrected chi connectivity index (χ0v) is 10.4. The molecule has 3 nitrogen and oxygen atoms in total. The quantitative estimate of drug-likeness (QED) is 0.654. The molecule has 1 aliphatic rings. The van der Waals surface area contributed by atoms with Gasteiger partial charge in [-0.1, -0.05) is 25.7 Å². The van der Waals surface area contributed by atoms with E-state index in [0.29, 0.717) is 19.3 Å². The Labute approximate surface area is 99.5 Å².